The minimum atomic E-state index is -0.0537. The van der Waals surface area contributed by atoms with Gasteiger partial charge in [0.25, 0.3) is 0 Å². The Kier molecular flexibility index (Phi) is 4.03. The highest BCUT2D eigenvalue weighted by Crippen LogP contribution is 2.23. The van der Waals surface area contributed by atoms with E-state index in [9.17, 15) is 4.79 Å². The predicted octanol–water partition coefficient (Wildman–Crippen LogP) is 0.695. The second-order valence-electron chi connectivity index (χ2n) is 5.76. The Hall–Kier alpha value is -1.39. The Morgan fingerprint density at radius 1 is 1.40 bits per heavy atom. The third-order valence-corrected chi connectivity index (χ3v) is 4.45. The average Bonchev–Trinajstić information content (AvgIpc) is 2.94. The lowest BCUT2D eigenvalue weighted by Crippen LogP contribution is -2.56. The molecule has 2 N–H and O–H groups in total. The van der Waals surface area contributed by atoms with Gasteiger partial charge < -0.3 is 10.6 Å². The fraction of sp³-hybridized carbons (Fsp3) is 0.562. The number of nitrogens with zero attached hydrogens (tertiary/aromatic N) is 1. The summed E-state index contributed by atoms with van der Waals surface area (Å²) in [6.45, 7) is 3.49. The molecule has 1 atom stereocenters. The van der Waals surface area contributed by atoms with Gasteiger partial charge in [0, 0.05) is 33.2 Å². The van der Waals surface area contributed by atoms with E-state index in [1.165, 1.54) is 36.0 Å². The quantitative estimate of drug-likeness (QED) is 0.852. The number of nitrogens with one attached hydrogen (secondary N) is 2. The number of piperazine rings is 1. The molecule has 0 saturated carbocycles. The molecule has 1 amide bonds. The molecule has 0 aromatic heterocycles. The minimum absolute atomic E-state index is 0.0537. The van der Waals surface area contributed by atoms with Crippen LogP contribution < -0.4 is 10.6 Å². The summed E-state index contributed by atoms with van der Waals surface area (Å²) in [4.78, 5) is 14.2. The molecule has 1 aromatic carbocycles. The van der Waals surface area contributed by atoms with Crippen LogP contribution >= 0.6 is 0 Å². The lowest BCUT2D eigenvalue weighted by atomic mass is 10.0. The smallest absolute Gasteiger partial charge is 0.238 e. The van der Waals surface area contributed by atoms with Crippen molar-refractivity contribution in [1.29, 1.82) is 0 Å². The molecular formula is C16H23N3O. The van der Waals surface area contributed by atoms with Gasteiger partial charge in [0.2, 0.25) is 5.91 Å². The highest BCUT2D eigenvalue weighted by atomic mass is 16.2. The SMILES string of the molecule is CNC(=O)C1CNCCN1Cc1ccc2c(c1)CCC2. The minimum Gasteiger partial charge on any atom is -0.358 e. The Labute approximate surface area is 120 Å². The fourth-order valence-corrected chi connectivity index (χ4v) is 3.32. The van der Waals surface area contributed by atoms with Crippen LogP contribution in [0.25, 0.3) is 0 Å². The van der Waals surface area contributed by atoms with Gasteiger partial charge in [0.15, 0.2) is 0 Å². The summed E-state index contributed by atoms with van der Waals surface area (Å²) in [6.07, 6.45) is 3.72. The molecule has 1 aliphatic heterocycles. The Bertz CT molecular complexity index is 500. The zero-order valence-corrected chi connectivity index (χ0v) is 12.1. The monoisotopic (exact) mass is 273 g/mol. The molecule has 3 rings (SSSR count). The third kappa shape index (κ3) is 2.72. The van der Waals surface area contributed by atoms with Crippen LogP contribution in [0.2, 0.25) is 0 Å². The summed E-state index contributed by atoms with van der Waals surface area (Å²) in [7, 11) is 1.71. The molecule has 1 heterocycles. The van der Waals surface area contributed by atoms with E-state index >= 15 is 0 Å². The number of rotatable bonds is 3. The molecule has 108 valence electrons. The van der Waals surface area contributed by atoms with Crippen LogP contribution in [-0.4, -0.2) is 43.5 Å². The summed E-state index contributed by atoms with van der Waals surface area (Å²) in [5.74, 6) is 0.110. The van der Waals surface area contributed by atoms with Gasteiger partial charge in [-0.3, -0.25) is 9.69 Å². The van der Waals surface area contributed by atoms with Crippen molar-refractivity contribution < 1.29 is 4.79 Å². The van der Waals surface area contributed by atoms with E-state index in [1.807, 2.05) is 0 Å². The number of benzene rings is 1. The maximum Gasteiger partial charge on any atom is 0.238 e. The van der Waals surface area contributed by atoms with E-state index in [2.05, 4.69) is 33.7 Å². The third-order valence-electron chi connectivity index (χ3n) is 4.45. The van der Waals surface area contributed by atoms with Gasteiger partial charge in [0.1, 0.15) is 6.04 Å². The molecule has 2 aliphatic rings. The van der Waals surface area contributed by atoms with E-state index in [-0.39, 0.29) is 11.9 Å². The summed E-state index contributed by atoms with van der Waals surface area (Å²) >= 11 is 0. The standard InChI is InChI=1S/C16H23N3O/c1-17-16(20)15-10-18-7-8-19(15)11-12-5-6-13-3-2-4-14(13)9-12/h5-6,9,15,18H,2-4,7-8,10-11H2,1H3,(H,17,20). The molecule has 4 nitrogen and oxygen atoms in total. The van der Waals surface area contributed by atoms with Crippen LogP contribution in [0.4, 0.5) is 0 Å². The Morgan fingerprint density at radius 2 is 2.25 bits per heavy atom. The van der Waals surface area contributed by atoms with Crippen LogP contribution in [0.15, 0.2) is 18.2 Å². The van der Waals surface area contributed by atoms with E-state index in [0.717, 1.165) is 26.2 Å². The molecule has 1 aliphatic carbocycles. The topological polar surface area (TPSA) is 44.4 Å². The van der Waals surface area contributed by atoms with Crippen molar-refractivity contribution in [3.05, 3.63) is 34.9 Å². The molecule has 20 heavy (non-hydrogen) atoms. The maximum absolute atomic E-state index is 12.0. The first-order valence-corrected chi connectivity index (χ1v) is 7.55. The summed E-state index contributed by atoms with van der Waals surface area (Å²) in [6, 6.07) is 6.79. The molecule has 0 radical (unpaired) electrons. The molecule has 0 bridgehead atoms. The van der Waals surface area contributed by atoms with E-state index in [4.69, 9.17) is 0 Å². The van der Waals surface area contributed by atoms with Gasteiger partial charge in [-0.05, 0) is 36.0 Å². The first-order valence-electron chi connectivity index (χ1n) is 7.55. The number of fused-ring (bicyclic) bond motifs is 1. The molecule has 1 saturated heterocycles. The van der Waals surface area contributed by atoms with Crippen molar-refractivity contribution in [2.45, 2.75) is 31.8 Å². The van der Waals surface area contributed by atoms with E-state index in [1.54, 1.807) is 7.05 Å². The number of aryl methyl sites for hydroxylation is 2. The number of likely N-dealkylation sites (N-methyl/N-ethyl adjacent to an activating group) is 1. The van der Waals surface area contributed by atoms with Crippen LogP contribution in [0.1, 0.15) is 23.1 Å². The van der Waals surface area contributed by atoms with Crippen molar-refractivity contribution in [3.63, 3.8) is 0 Å². The Morgan fingerprint density at radius 3 is 3.10 bits per heavy atom. The number of carbonyl (C=O) groups is 1. The number of amides is 1. The first-order chi connectivity index (χ1) is 9.78. The lowest BCUT2D eigenvalue weighted by molar-refractivity contribution is -0.126. The molecule has 1 fully saturated rings. The van der Waals surface area contributed by atoms with Gasteiger partial charge in [-0.2, -0.15) is 0 Å². The van der Waals surface area contributed by atoms with Crippen molar-refractivity contribution in [2.24, 2.45) is 0 Å². The summed E-state index contributed by atoms with van der Waals surface area (Å²) in [5, 5.41) is 6.08. The van der Waals surface area contributed by atoms with Gasteiger partial charge in [-0.1, -0.05) is 18.2 Å². The maximum atomic E-state index is 12.0. The van der Waals surface area contributed by atoms with E-state index in [0.29, 0.717) is 0 Å². The number of hydrogen-bond acceptors (Lipinski definition) is 3. The van der Waals surface area contributed by atoms with Crippen LogP contribution in [0.5, 0.6) is 0 Å². The van der Waals surface area contributed by atoms with Crippen LogP contribution in [0.3, 0.4) is 0 Å². The Balaban J connectivity index is 1.73. The van der Waals surface area contributed by atoms with E-state index < -0.39 is 0 Å². The second-order valence-corrected chi connectivity index (χ2v) is 5.76. The van der Waals surface area contributed by atoms with Crippen molar-refractivity contribution >= 4 is 5.91 Å². The van der Waals surface area contributed by atoms with Gasteiger partial charge >= 0.3 is 0 Å². The van der Waals surface area contributed by atoms with Gasteiger partial charge in [0.05, 0.1) is 0 Å². The predicted molar refractivity (Wildman–Crippen MR) is 79.6 cm³/mol. The van der Waals surface area contributed by atoms with Gasteiger partial charge in [-0.15, -0.1) is 0 Å². The van der Waals surface area contributed by atoms with Crippen LogP contribution in [0, 0.1) is 0 Å². The van der Waals surface area contributed by atoms with Crippen LogP contribution in [-0.2, 0) is 24.2 Å². The van der Waals surface area contributed by atoms with Crippen molar-refractivity contribution in [1.82, 2.24) is 15.5 Å². The summed E-state index contributed by atoms with van der Waals surface area (Å²) < 4.78 is 0. The normalized spacial score (nSPS) is 22.6. The molecule has 1 unspecified atom stereocenters. The van der Waals surface area contributed by atoms with Gasteiger partial charge in [-0.25, -0.2) is 0 Å². The van der Waals surface area contributed by atoms with Crippen molar-refractivity contribution in [2.75, 3.05) is 26.7 Å². The fourth-order valence-electron chi connectivity index (χ4n) is 3.32. The molecule has 0 spiro atoms. The highest BCUT2D eigenvalue weighted by molar-refractivity contribution is 5.81. The highest BCUT2D eigenvalue weighted by Gasteiger charge is 2.27. The summed E-state index contributed by atoms with van der Waals surface area (Å²) in [5.41, 5.74) is 4.35. The number of carbonyl (C=O) groups excluding carboxylic acids is 1. The second kappa shape index (κ2) is 5.94. The largest absolute Gasteiger partial charge is 0.358 e. The molecular weight excluding hydrogens is 250 g/mol. The average molecular weight is 273 g/mol. The first kappa shape index (κ1) is 13.6. The van der Waals surface area contributed by atoms with Crippen molar-refractivity contribution in [3.8, 4) is 0 Å². The zero-order valence-electron chi connectivity index (χ0n) is 12.1. The molecule has 1 aromatic rings. The lowest BCUT2D eigenvalue weighted by Gasteiger charge is -2.35. The molecule has 4 heteroatoms. The number of hydrogen-bond donors (Lipinski definition) is 2. The zero-order chi connectivity index (χ0) is 13.9.